The van der Waals surface area contributed by atoms with Gasteiger partial charge in [-0.2, -0.15) is 0 Å². The molecule has 3 N–H and O–H groups in total. The maximum Gasteiger partial charge on any atom is 0.0616 e. The third-order valence-electron chi connectivity index (χ3n) is 2.55. The minimum absolute atomic E-state index is 0.419. The Hall–Kier alpha value is -0.120. The van der Waals surface area contributed by atoms with Crippen LogP contribution >= 0.6 is 0 Å². The van der Waals surface area contributed by atoms with Crippen molar-refractivity contribution >= 4 is 0 Å². The Bertz CT molecular complexity index is 128. The quantitative estimate of drug-likeness (QED) is 0.622. The Morgan fingerprint density at radius 1 is 1.29 bits per heavy atom. The van der Waals surface area contributed by atoms with Crippen molar-refractivity contribution in [3.05, 3.63) is 0 Å². The van der Waals surface area contributed by atoms with Gasteiger partial charge in [0.1, 0.15) is 0 Å². The fraction of sp³-hybridized carbons (Fsp3) is 1.00. The van der Waals surface area contributed by atoms with Crippen LogP contribution in [0.5, 0.6) is 0 Å². The Morgan fingerprint density at radius 3 is 2.36 bits per heavy atom. The van der Waals surface area contributed by atoms with Crippen LogP contribution in [0.25, 0.3) is 0 Å². The van der Waals surface area contributed by atoms with Gasteiger partial charge in [-0.3, -0.25) is 0 Å². The van der Waals surface area contributed by atoms with Gasteiger partial charge in [-0.25, -0.2) is 0 Å². The summed E-state index contributed by atoms with van der Waals surface area (Å²) >= 11 is 0. The summed E-state index contributed by atoms with van der Waals surface area (Å²) < 4.78 is 5.33. The largest absolute Gasteiger partial charge is 0.380 e. The summed E-state index contributed by atoms with van der Waals surface area (Å²) in [5, 5.41) is 3.44. The van der Waals surface area contributed by atoms with Gasteiger partial charge in [-0.15, -0.1) is 0 Å². The summed E-state index contributed by atoms with van der Waals surface area (Å²) in [4.78, 5) is 0. The molecule has 0 aromatic carbocycles. The first kappa shape index (κ1) is 13.9. The van der Waals surface area contributed by atoms with Crippen molar-refractivity contribution in [2.45, 2.75) is 33.7 Å². The molecule has 0 bridgehead atoms. The molecule has 3 heteroatoms. The van der Waals surface area contributed by atoms with E-state index in [2.05, 4.69) is 26.1 Å². The molecule has 0 spiro atoms. The van der Waals surface area contributed by atoms with Crippen LogP contribution in [-0.4, -0.2) is 32.3 Å². The number of nitrogens with one attached hydrogen (secondary N) is 1. The molecule has 0 aliphatic carbocycles. The SMILES string of the molecule is CCOCC(C)NCC(CN)C(C)C. The second-order valence-corrected chi connectivity index (χ2v) is 4.21. The van der Waals surface area contributed by atoms with Gasteiger partial charge in [-0.05, 0) is 38.8 Å². The zero-order valence-corrected chi connectivity index (χ0v) is 10.0. The number of rotatable bonds is 8. The Labute approximate surface area is 88.4 Å². The van der Waals surface area contributed by atoms with E-state index in [1.807, 2.05) is 6.92 Å². The zero-order valence-electron chi connectivity index (χ0n) is 10.0. The van der Waals surface area contributed by atoms with Crippen molar-refractivity contribution in [3.8, 4) is 0 Å². The molecule has 0 fully saturated rings. The van der Waals surface area contributed by atoms with Crippen LogP contribution in [0.4, 0.5) is 0 Å². The Kier molecular flexibility index (Phi) is 8.14. The van der Waals surface area contributed by atoms with Crippen LogP contribution in [0.3, 0.4) is 0 Å². The van der Waals surface area contributed by atoms with Crippen LogP contribution in [0.1, 0.15) is 27.7 Å². The Balaban J connectivity index is 3.57. The molecule has 0 aliphatic heterocycles. The standard InChI is InChI=1S/C11H26N2O/c1-5-14-8-10(4)13-7-11(6-12)9(2)3/h9-11,13H,5-8,12H2,1-4H3. The van der Waals surface area contributed by atoms with Crippen molar-refractivity contribution in [3.63, 3.8) is 0 Å². The minimum atomic E-state index is 0.419. The molecular weight excluding hydrogens is 176 g/mol. The molecule has 0 rings (SSSR count). The average molecular weight is 202 g/mol. The molecule has 0 aromatic heterocycles. The van der Waals surface area contributed by atoms with Gasteiger partial charge < -0.3 is 15.8 Å². The first-order valence-electron chi connectivity index (χ1n) is 5.63. The van der Waals surface area contributed by atoms with Crippen LogP contribution in [0, 0.1) is 11.8 Å². The van der Waals surface area contributed by atoms with Crippen LogP contribution in [0.15, 0.2) is 0 Å². The lowest BCUT2D eigenvalue weighted by Gasteiger charge is -2.22. The zero-order chi connectivity index (χ0) is 11.0. The minimum Gasteiger partial charge on any atom is -0.380 e. The third-order valence-corrected chi connectivity index (χ3v) is 2.55. The van der Waals surface area contributed by atoms with Crippen molar-refractivity contribution in [1.82, 2.24) is 5.32 Å². The lowest BCUT2D eigenvalue weighted by molar-refractivity contribution is 0.125. The van der Waals surface area contributed by atoms with E-state index in [0.717, 1.165) is 26.3 Å². The summed E-state index contributed by atoms with van der Waals surface area (Å²) in [6.07, 6.45) is 0. The van der Waals surface area contributed by atoms with E-state index in [4.69, 9.17) is 10.5 Å². The van der Waals surface area contributed by atoms with Gasteiger partial charge in [0.2, 0.25) is 0 Å². The molecule has 0 heterocycles. The van der Waals surface area contributed by atoms with Gasteiger partial charge in [-0.1, -0.05) is 13.8 Å². The second-order valence-electron chi connectivity index (χ2n) is 4.21. The first-order valence-corrected chi connectivity index (χ1v) is 5.63. The molecule has 0 saturated heterocycles. The predicted octanol–water partition coefficient (Wildman–Crippen LogP) is 1.23. The summed E-state index contributed by atoms with van der Waals surface area (Å²) in [6.45, 7) is 11.9. The highest BCUT2D eigenvalue weighted by Crippen LogP contribution is 2.07. The van der Waals surface area contributed by atoms with E-state index in [9.17, 15) is 0 Å². The average Bonchev–Trinajstić information content (AvgIpc) is 2.15. The molecule has 2 unspecified atom stereocenters. The second kappa shape index (κ2) is 8.21. The lowest BCUT2D eigenvalue weighted by Crippen LogP contribution is -2.38. The predicted molar refractivity (Wildman–Crippen MR) is 61.3 cm³/mol. The maximum absolute atomic E-state index is 5.69. The van der Waals surface area contributed by atoms with Crippen LogP contribution in [-0.2, 0) is 4.74 Å². The molecule has 0 aromatic rings. The van der Waals surface area contributed by atoms with Crippen molar-refractivity contribution < 1.29 is 4.74 Å². The number of nitrogens with two attached hydrogens (primary N) is 1. The molecule has 0 radical (unpaired) electrons. The molecule has 0 saturated carbocycles. The molecule has 14 heavy (non-hydrogen) atoms. The van der Waals surface area contributed by atoms with Crippen molar-refractivity contribution in [1.29, 1.82) is 0 Å². The number of hydrogen-bond acceptors (Lipinski definition) is 3. The van der Waals surface area contributed by atoms with Gasteiger partial charge >= 0.3 is 0 Å². The van der Waals surface area contributed by atoms with E-state index in [-0.39, 0.29) is 0 Å². The van der Waals surface area contributed by atoms with Gasteiger partial charge in [0.15, 0.2) is 0 Å². The normalized spacial score (nSPS) is 15.9. The van der Waals surface area contributed by atoms with Crippen LogP contribution < -0.4 is 11.1 Å². The van der Waals surface area contributed by atoms with E-state index in [0.29, 0.717) is 17.9 Å². The highest BCUT2D eigenvalue weighted by molar-refractivity contribution is 4.69. The molecule has 0 amide bonds. The molecular formula is C11H26N2O. The summed E-state index contributed by atoms with van der Waals surface area (Å²) in [7, 11) is 0. The summed E-state index contributed by atoms with van der Waals surface area (Å²) in [6, 6.07) is 0.419. The monoisotopic (exact) mass is 202 g/mol. The molecule has 3 nitrogen and oxygen atoms in total. The fourth-order valence-electron chi connectivity index (χ4n) is 1.30. The highest BCUT2D eigenvalue weighted by atomic mass is 16.5. The summed E-state index contributed by atoms with van der Waals surface area (Å²) in [5.41, 5.74) is 5.69. The van der Waals surface area contributed by atoms with Crippen molar-refractivity contribution in [2.24, 2.45) is 17.6 Å². The summed E-state index contributed by atoms with van der Waals surface area (Å²) in [5.74, 6) is 1.21. The molecule has 2 atom stereocenters. The van der Waals surface area contributed by atoms with Crippen molar-refractivity contribution in [2.75, 3.05) is 26.3 Å². The highest BCUT2D eigenvalue weighted by Gasteiger charge is 2.12. The molecule has 0 aliphatic rings. The lowest BCUT2D eigenvalue weighted by atomic mass is 9.96. The van der Waals surface area contributed by atoms with Crippen LogP contribution in [0.2, 0.25) is 0 Å². The number of ether oxygens (including phenoxy) is 1. The topological polar surface area (TPSA) is 47.3 Å². The molecule has 86 valence electrons. The van der Waals surface area contributed by atoms with Gasteiger partial charge in [0.05, 0.1) is 6.61 Å². The third kappa shape index (κ3) is 6.35. The first-order chi connectivity index (χ1) is 6.61. The van der Waals surface area contributed by atoms with E-state index < -0.39 is 0 Å². The maximum atomic E-state index is 5.69. The van der Waals surface area contributed by atoms with E-state index >= 15 is 0 Å². The van der Waals surface area contributed by atoms with Gasteiger partial charge in [0.25, 0.3) is 0 Å². The van der Waals surface area contributed by atoms with Gasteiger partial charge in [0, 0.05) is 12.6 Å². The smallest absolute Gasteiger partial charge is 0.0616 e. The number of hydrogen-bond donors (Lipinski definition) is 2. The van der Waals surface area contributed by atoms with E-state index in [1.54, 1.807) is 0 Å². The Morgan fingerprint density at radius 2 is 1.93 bits per heavy atom. The fourth-order valence-corrected chi connectivity index (χ4v) is 1.30. The van der Waals surface area contributed by atoms with E-state index in [1.165, 1.54) is 0 Å².